The average Bonchev–Trinajstić information content (AvgIpc) is 2.76. The van der Waals surface area contributed by atoms with Crippen LogP contribution in [0.4, 0.5) is 0 Å². The number of unbranched alkanes of at least 4 members (excludes halogenated alkanes) is 1. The largest absolute Gasteiger partial charge is 0.497 e. The van der Waals surface area contributed by atoms with Crippen molar-refractivity contribution in [3.63, 3.8) is 0 Å². The van der Waals surface area contributed by atoms with Gasteiger partial charge in [0.2, 0.25) is 0 Å². The van der Waals surface area contributed by atoms with E-state index in [4.69, 9.17) is 9.47 Å². The van der Waals surface area contributed by atoms with Crippen LogP contribution < -0.4 is 4.74 Å². The fourth-order valence-corrected chi connectivity index (χ4v) is 3.99. The van der Waals surface area contributed by atoms with Crippen molar-refractivity contribution in [2.45, 2.75) is 45.1 Å². The third kappa shape index (κ3) is 5.35. The van der Waals surface area contributed by atoms with E-state index in [1.54, 1.807) is 19.2 Å². The van der Waals surface area contributed by atoms with Crippen LogP contribution in [0.2, 0.25) is 0 Å². The molecule has 3 rings (SSSR count). The van der Waals surface area contributed by atoms with Crippen molar-refractivity contribution in [3.05, 3.63) is 65.2 Å². The number of benzene rings is 2. The standard InChI is InChI=1S/C24H31NO3/c1-3-25(15-7-8-16-28-24(26)19-9-5-4-6-10-19)22-13-11-21-18-23(27-2)14-12-20(21)17-22/h4-6,9-10,12,14,18,22H,3,7-8,11,13,15-17H2,1-2H3. The summed E-state index contributed by atoms with van der Waals surface area (Å²) in [5.41, 5.74) is 3.50. The molecule has 0 radical (unpaired) electrons. The van der Waals surface area contributed by atoms with Gasteiger partial charge in [-0.3, -0.25) is 0 Å². The van der Waals surface area contributed by atoms with Crippen molar-refractivity contribution in [2.24, 2.45) is 0 Å². The monoisotopic (exact) mass is 381 g/mol. The number of methoxy groups -OCH3 is 1. The zero-order valence-corrected chi connectivity index (χ0v) is 17.0. The Balaban J connectivity index is 1.41. The topological polar surface area (TPSA) is 38.8 Å². The molecule has 4 heteroatoms. The summed E-state index contributed by atoms with van der Waals surface area (Å²) in [5, 5.41) is 0. The van der Waals surface area contributed by atoms with Crippen LogP contribution in [0.5, 0.6) is 5.75 Å². The Morgan fingerprint density at radius 2 is 1.93 bits per heavy atom. The Labute approximate surface area is 168 Å². The predicted molar refractivity (Wildman–Crippen MR) is 112 cm³/mol. The lowest BCUT2D eigenvalue weighted by Crippen LogP contribution is -2.39. The van der Waals surface area contributed by atoms with E-state index >= 15 is 0 Å². The number of nitrogens with zero attached hydrogens (tertiary/aromatic N) is 1. The molecule has 0 bridgehead atoms. The quantitative estimate of drug-likeness (QED) is 0.473. The smallest absolute Gasteiger partial charge is 0.338 e. The second-order valence-electron chi connectivity index (χ2n) is 7.37. The molecule has 0 heterocycles. The Hall–Kier alpha value is -2.33. The zero-order valence-electron chi connectivity index (χ0n) is 17.0. The first-order chi connectivity index (χ1) is 13.7. The van der Waals surface area contributed by atoms with Gasteiger partial charge in [-0.25, -0.2) is 4.79 Å². The van der Waals surface area contributed by atoms with E-state index in [0.717, 1.165) is 44.5 Å². The maximum absolute atomic E-state index is 12.0. The van der Waals surface area contributed by atoms with Crippen LogP contribution in [-0.4, -0.2) is 43.7 Å². The van der Waals surface area contributed by atoms with Crippen LogP contribution in [-0.2, 0) is 17.6 Å². The second-order valence-corrected chi connectivity index (χ2v) is 7.37. The molecule has 4 nitrogen and oxygen atoms in total. The highest BCUT2D eigenvalue weighted by Crippen LogP contribution is 2.28. The minimum atomic E-state index is -0.229. The molecule has 0 N–H and O–H groups in total. The van der Waals surface area contributed by atoms with Crippen LogP contribution in [0.15, 0.2) is 48.5 Å². The van der Waals surface area contributed by atoms with Gasteiger partial charge in [0.05, 0.1) is 19.3 Å². The summed E-state index contributed by atoms with van der Waals surface area (Å²) >= 11 is 0. The first kappa shape index (κ1) is 20.4. The molecule has 0 saturated heterocycles. The van der Waals surface area contributed by atoms with Crippen molar-refractivity contribution in [2.75, 3.05) is 26.8 Å². The van der Waals surface area contributed by atoms with E-state index < -0.39 is 0 Å². The minimum absolute atomic E-state index is 0.229. The average molecular weight is 382 g/mol. The van der Waals surface area contributed by atoms with E-state index in [2.05, 4.69) is 30.0 Å². The number of carbonyl (C=O) groups excluding carboxylic acids is 1. The zero-order chi connectivity index (χ0) is 19.8. The molecule has 0 fully saturated rings. The molecule has 1 unspecified atom stereocenters. The van der Waals surface area contributed by atoms with Crippen molar-refractivity contribution < 1.29 is 14.3 Å². The molecule has 1 atom stereocenters. The Morgan fingerprint density at radius 1 is 1.11 bits per heavy atom. The molecule has 0 spiro atoms. The second kappa shape index (κ2) is 10.3. The Morgan fingerprint density at radius 3 is 2.68 bits per heavy atom. The van der Waals surface area contributed by atoms with E-state index in [1.807, 2.05) is 18.2 Å². The lowest BCUT2D eigenvalue weighted by molar-refractivity contribution is 0.0492. The van der Waals surface area contributed by atoms with Crippen LogP contribution in [0, 0.1) is 0 Å². The van der Waals surface area contributed by atoms with Gasteiger partial charge >= 0.3 is 5.97 Å². The molecule has 2 aromatic carbocycles. The van der Waals surface area contributed by atoms with Crippen molar-refractivity contribution >= 4 is 5.97 Å². The van der Waals surface area contributed by atoms with Gasteiger partial charge in [-0.15, -0.1) is 0 Å². The Bertz CT molecular complexity index is 760. The Kier molecular flexibility index (Phi) is 7.49. The molecule has 2 aromatic rings. The third-order valence-corrected chi connectivity index (χ3v) is 5.62. The summed E-state index contributed by atoms with van der Waals surface area (Å²) < 4.78 is 10.7. The third-order valence-electron chi connectivity index (χ3n) is 5.62. The van der Waals surface area contributed by atoms with Gasteiger partial charge in [0.25, 0.3) is 0 Å². The molecule has 0 amide bonds. The van der Waals surface area contributed by atoms with E-state index in [0.29, 0.717) is 18.2 Å². The number of hydrogen-bond donors (Lipinski definition) is 0. The van der Waals surface area contributed by atoms with E-state index in [1.165, 1.54) is 17.5 Å². The highest BCUT2D eigenvalue weighted by Gasteiger charge is 2.23. The maximum Gasteiger partial charge on any atom is 0.338 e. The molecule has 1 aliphatic carbocycles. The number of aryl methyl sites for hydroxylation is 1. The molecule has 28 heavy (non-hydrogen) atoms. The normalized spacial score (nSPS) is 15.9. The number of hydrogen-bond acceptors (Lipinski definition) is 4. The molecule has 150 valence electrons. The summed E-state index contributed by atoms with van der Waals surface area (Å²) in [6.07, 6.45) is 5.35. The number of ether oxygens (including phenoxy) is 2. The molecule has 0 aliphatic heterocycles. The van der Waals surface area contributed by atoms with Gasteiger partial charge in [0, 0.05) is 6.04 Å². The summed E-state index contributed by atoms with van der Waals surface area (Å²) in [4.78, 5) is 14.5. The molecule has 0 saturated carbocycles. The first-order valence-corrected chi connectivity index (χ1v) is 10.3. The van der Waals surface area contributed by atoms with Crippen LogP contribution >= 0.6 is 0 Å². The molecular weight excluding hydrogens is 350 g/mol. The van der Waals surface area contributed by atoms with Crippen molar-refractivity contribution in [3.8, 4) is 5.75 Å². The van der Waals surface area contributed by atoms with Gasteiger partial charge in [-0.2, -0.15) is 0 Å². The number of esters is 1. The highest BCUT2D eigenvalue weighted by molar-refractivity contribution is 5.89. The van der Waals surface area contributed by atoms with Gasteiger partial charge in [-0.1, -0.05) is 31.2 Å². The van der Waals surface area contributed by atoms with Crippen molar-refractivity contribution in [1.29, 1.82) is 0 Å². The van der Waals surface area contributed by atoms with Gasteiger partial charge < -0.3 is 14.4 Å². The molecule has 0 aromatic heterocycles. The van der Waals surface area contributed by atoms with Crippen molar-refractivity contribution in [1.82, 2.24) is 4.90 Å². The first-order valence-electron chi connectivity index (χ1n) is 10.3. The van der Waals surface area contributed by atoms with Crippen LogP contribution in [0.1, 0.15) is 47.7 Å². The lowest BCUT2D eigenvalue weighted by atomic mass is 9.87. The lowest BCUT2D eigenvalue weighted by Gasteiger charge is -2.34. The molecule has 1 aliphatic rings. The van der Waals surface area contributed by atoms with E-state index in [9.17, 15) is 4.79 Å². The summed E-state index contributed by atoms with van der Waals surface area (Å²) in [7, 11) is 1.73. The highest BCUT2D eigenvalue weighted by atomic mass is 16.5. The minimum Gasteiger partial charge on any atom is -0.497 e. The SMILES string of the molecule is CCN(CCCCOC(=O)c1ccccc1)C1CCc2cc(OC)ccc2C1. The van der Waals surface area contributed by atoms with Crippen LogP contribution in [0.25, 0.3) is 0 Å². The predicted octanol–water partition coefficient (Wildman–Crippen LogP) is 4.51. The number of likely N-dealkylation sites (N-methyl/N-ethyl adjacent to an activating group) is 1. The fraction of sp³-hybridized carbons (Fsp3) is 0.458. The summed E-state index contributed by atoms with van der Waals surface area (Å²) in [5.74, 6) is 0.724. The summed E-state index contributed by atoms with van der Waals surface area (Å²) in [6, 6.07) is 16.3. The number of carbonyl (C=O) groups is 1. The van der Waals surface area contributed by atoms with Gasteiger partial charge in [-0.05, 0) is 80.6 Å². The van der Waals surface area contributed by atoms with Gasteiger partial charge in [0.15, 0.2) is 0 Å². The molecular formula is C24H31NO3. The number of rotatable bonds is 9. The van der Waals surface area contributed by atoms with E-state index in [-0.39, 0.29) is 5.97 Å². The summed E-state index contributed by atoms with van der Waals surface area (Å²) in [6.45, 7) is 4.83. The van der Waals surface area contributed by atoms with Crippen LogP contribution in [0.3, 0.4) is 0 Å². The number of fused-ring (bicyclic) bond motifs is 1. The van der Waals surface area contributed by atoms with Gasteiger partial charge in [0.1, 0.15) is 5.75 Å². The maximum atomic E-state index is 12.0. The fourth-order valence-electron chi connectivity index (χ4n) is 3.99.